The van der Waals surface area contributed by atoms with E-state index >= 15 is 0 Å². The summed E-state index contributed by atoms with van der Waals surface area (Å²) < 4.78 is 0. The Morgan fingerprint density at radius 3 is 2.25 bits per heavy atom. The Kier molecular flexibility index (Phi) is 4.29. The van der Waals surface area contributed by atoms with Crippen molar-refractivity contribution in [3.05, 3.63) is 12.7 Å². The molecule has 0 aromatic rings. The van der Waals surface area contributed by atoms with E-state index in [0.29, 0.717) is 0 Å². The number of hydrogen-bond acceptors (Lipinski definition) is 1. The van der Waals surface area contributed by atoms with Crippen LogP contribution >= 0.6 is 0 Å². The maximum atomic E-state index is 9.46. The van der Waals surface area contributed by atoms with Gasteiger partial charge in [-0.25, -0.2) is 0 Å². The molecule has 0 aromatic heterocycles. The smallest absolute Gasteiger partial charge is 0.129 e. The molecule has 1 N–H and O–H groups in total. The van der Waals surface area contributed by atoms with E-state index in [4.69, 9.17) is 0 Å². The number of hydrogen-bond donors (Lipinski definition) is 1. The Labute approximate surface area is 76.5 Å². The topological polar surface area (TPSA) is 20.2 Å². The van der Waals surface area contributed by atoms with Crippen molar-refractivity contribution >= 4 is 8.07 Å². The molecule has 0 amide bonds. The third kappa shape index (κ3) is 5.17. The second kappa shape index (κ2) is 4.49. The molecule has 0 aliphatic heterocycles. The standard InChI is InChI=1S/C10H18OSi/c1-6-9(2)10(11)7-8-12(3,4)5/h6,9-11H,1H2,2-5H3/t9-,10-/m1/s1. The van der Waals surface area contributed by atoms with Crippen LogP contribution in [0.25, 0.3) is 0 Å². The van der Waals surface area contributed by atoms with E-state index in [9.17, 15) is 5.11 Å². The van der Waals surface area contributed by atoms with Gasteiger partial charge in [0.2, 0.25) is 0 Å². The van der Waals surface area contributed by atoms with Crippen LogP contribution in [0, 0.1) is 17.4 Å². The van der Waals surface area contributed by atoms with Crippen molar-refractivity contribution in [2.75, 3.05) is 0 Å². The summed E-state index contributed by atoms with van der Waals surface area (Å²) in [4.78, 5) is 0. The number of aliphatic hydroxyl groups excluding tert-OH is 1. The van der Waals surface area contributed by atoms with Crippen molar-refractivity contribution in [2.45, 2.75) is 32.7 Å². The average molecular weight is 182 g/mol. The zero-order chi connectivity index (χ0) is 9.78. The van der Waals surface area contributed by atoms with E-state index in [0.717, 1.165) is 0 Å². The molecule has 0 unspecified atom stereocenters. The average Bonchev–Trinajstić information content (AvgIpc) is 1.97. The monoisotopic (exact) mass is 182 g/mol. The van der Waals surface area contributed by atoms with Crippen molar-refractivity contribution in [1.82, 2.24) is 0 Å². The first-order valence-electron chi connectivity index (χ1n) is 4.20. The summed E-state index contributed by atoms with van der Waals surface area (Å²) >= 11 is 0. The fraction of sp³-hybridized carbons (Fsp3) is 0.600. The maximum Gasteiger partial charge on any atom is 0.129 e. The summed E-state index contributed by atoms with van der Waals surface area (Å²) in [6.45, 7) is 12.0. The molecule has 0 rings (SSSR count). The second-order valence-electron chi connectivity index (χ2n) is 4.06. The molecular weight excluding hydrogens is 164 g/mol. The third-order valence-electron chi connectivity index (χ3n) is 1.46. The van der Waals surface area contributed by atoms with Gasteiger partial charge in [-0.05, 0) is 0 Å². The Bertz CT molecular complexity index is 204. The fourth-order valence-corrected chi connectivity index (χ4v) is 1.13. The summed E-state index contributed by atoms with van der Waals surface area (Å²) in [6.07, 6.45) is 1.18. The first-order chi connectivity index (χ1) is 5.37. The lowest BCUT2D eigenvalue weighted by Gasteiger charge is -2.09. The highest BCUT2D eigenvalue weighted by Crippen LogP contribution is 2.03. The van der Waals surface area contributed by atoms with Gasteiger partial charge in [0.1, 0.15) is 14.2 Å². The lowest BCUT2D eigenvalue weighted by Crippen LogP contribution is -2.19. The molecule has 2 atom stereocenters. The van der Waals surface area contributed by atoms with Gasteiger partial charge in [-0.2, -0.15) is 0 Å². The Hall–Kier alpha value is -0.523. The van der Waals surface area contributed by atoms with Gasteiger partial charge in [0, 0.05) is 5.92 Å². The van der Waals surface area contributed by atoms with Gasteiger partial charge in [0.05, 0.1) is 0 Å². The van der Waals surface area contributed by atoms with Crippen molar-refractivity contribution in [3.63, 3.8) is 0 Å². The molecule has 1 nitrogen and oxygen atoms in total. The Balaban J connectivity index is 4.22. The molecule has 2 heteroatoms. The van der Waals surface area contributed by atoms with Crippen molar-refractivity contribution in [2.24, 2.45) is 5.92 Å². The highest BCUT2D eigenvalue weighted by atomic mass is 28.3. The Morgan fingerprint density at radius 1 is 1.42 bits per heavy atom. The highest BCUT2D eigenvalue weighted by Gasteiger charge is 2.10. The second-order valence-corrected chi connectivity index (χ2v) is 8.81. The van der Waals surface area contributed by atoms with Crippen LogP contribution in [0.15, 0.2) is 12.7 Å². The lowest BCUT2D eigenvalue weighted by molar-refractivity contribution is 0.195. The van der Waals surface area contributed by atoms with Crippen LogP contribution in [-0.4, -0.2) is 19.3 Å². The predicted octanol–water partition coefficient (Wildman–Crippen LogP) is 2.05. The summed E-state index contributed by atoms with van der Waals surface area (Å²) in [5, 5.41) is 9.46. The maximum absolute atomic E-state index is 9.46. The number of rotatable bonds is 2. The lowest BCUT2D eigenvalue weighted by atomic mass is 10.1. The molecule has 0 radical (unpaired) electrons. The first kappa shape index (κ1) is 11.5. The van der Waals surface area contributed by atoms with Crippen molar-refractivity contribution in [1.29, 1.82) is 0 Å². The van der Waals surface area contributed by atoms with Gasteiger partial charge in [-0.15, -0.1) is 12.1 Å². The molecule has 0 aliphatic rings. The van der Waals surface area contributed by atoms with Gasteiger partial charge in [-0.1, -0.05) is 38.6 Å². The quantitative estimate of drug-likeness (QED) is 0.394. The summed E-state index contributed by atoms with van der Waals surface area (Å²) in [6, 6.07) is 0. The zero-order valence-electron chi connectivity index (χ0n) is 8.39. The third-order valence-corrected chi connectivity index (χ3v) is 2.36. The van der Waals surface area contributed by atoms with E-state index in [1.165, 1.54) is 0 Å². The fourth-order valence-electron chi connectivity index (χ4n) is 0.551. The molecule has 12 heavy (non-hydrogen) atoms. The minimum absolute atomic E-state index is 0.0637. The van der Waals surface area contributed by atoms with Crippen LogP contribution in [0.1, 0.15) is 6.92 Å². The minimum atomic E-state index is -1.33. The van der Waals surface area contributed by atoms with Crippen LogP contribution in [0.2, 0.25) is 19.6 Å². The molecule has 0 heterocycles. The van der Waals surface area contributed by atoms with E-state index in [1.54, 1.807) is 6.08 Å². The molecule has 0 aromatic carbocycles. The summed E-state index contributed by atoms with van der Waals surface area (Å²) in [7, 11) is -1.33. The molecule has 0 spiro atoms. The van der Waals surface area contributed by atoms with Gasteiger partial charge >= 0.3 is 0 Å². The van der Waals surface area contributed by atoms with Gasteiger partial charge in [0.15, 0.2) is 0 Å². The summed E-state index contributed by atoms with van der Waals surface area (Å²) in [5.74, 6) is 2.93. The van der Waals surface area contributed by atoms with E-state index in [2.05, 4.69) is 37.7 Å². The zero-order valence-corrected chi connectivity index (χ0v) is 9.39. The van der Waals surface area contributed by atoms with Crippen LogP contribution in [-0.2, 0) is 0 Å². The van der Waals surface area contributed by atoms with Crippen LogP contribution in [0.4, 0.5) is 0 Å². The van der Waals surface area contributed by atoms with Crippen molar-refractivity contribution < 1.29 is 5.11 Å². The molecule has 0 fully saturated rings. The predicted molar refractivity (Wildman–Crippen MR) is 56.5 cm³/mol. The van der Waals surface area contributed by atoms with Crippen molar-refractivity contribution in [3.8, 4) is 11.5 Å². The molecule has 0 saturated heterocycles. The van der Waals surface area contributed by atoms with Gasteiger partial charge < -0.3 is 5.11 Å². The molecule has 68 valence electrons. The SMILES string of the molecule is C=C[C@@H](C)[C@H](O)C#C[Si](C)(C)C. The van der Waals surface area contributed by atoms with Crippen LogP contribution < -0.4 is 0 Å². The largest absolute Gasteiger partial charge is 0.380 e. The normalized spacial score (nSPS) is 15.8. The summed E-state index contributed by atoms with van der Waals surface area (Å²) in [5.41, 5.74) is 3.13. The van der Waals surface area contributed by atoms with E-state index in [-0.39, 0.29) is 5.92 Å². The van der Waals surface area contributed by atoms with E-state index < -0.39 is 14.2 Å². The van der Waals surface area contributed by atoms with E-state index in [1.807, 2.05) is 6.92 Å². The van der Waals surface area contributed by atoms with Gasteiger partial charge in [-0.3, -0.25) is 0 Å². The molecule has 0 saturated carbocycles. The highest BCUT2D eigenvalue weighted by molar-refractivity contribution is 6.83. The van der Waals surface area contributed by atoms with Gasteiger partial charge in [0.25, 0.3) is 0 Å². The van der Waals surface area contributed by atoms with Crippen LogP contribution in [0.5, 0.6) is 0 Å². The Morgan fingerprint density at radius 2 is 1.92 bits per heavy atom. The molecule has 0 aliphatic carbocycles. The number of aliphatic hydroxyl groups is 1. The molecule has 0 bridgehead atoms. The minimum Gasteiger partial charge on any atom is -0.380 e. The van der Waals surface area contributed by atoms with Crippen LogP contribution in [0.3, 0.4) is 0 Å². The molecular formula is C10H18OSi. The first-order valence-corrected chi connectivity index (χ1v) is 7.70.